The number of aryl methyl sites for hydroxylation is 2. The first-order valence-electron chi connectivity index (χ1n) is 7.81. The molecule has 2 N–H and O–H groups in total. The van der Waals surface area contributed by atoms with Crippen LogP contribution in [0.25, 0.3) is 0 Å². The van der Waals surface area contributed by atoms with Crippen LogP contribution in [0.2, 0.25) is 0 Å². The number of anilines is 1. The Morgan fingerprint density at radius 2 is 1.76 bits per heavy atom. The quantitative estimate of drug-likeness (QED) is 0.741. The fraction of sp³-hybridized carbons (Fsp3) is 0.278. The lowest BCUT2D eigenvalue weighted by Crippen LogP contribution is -2.28. The molecular formula is C18H22N2O4S. The van der Waals surface area contributed by atoms with Gasteiger partial charge in [0.2, 0.25) is 0 Å². The van der Waals surface area contributed by atoms with E-state index in [0.717, 1.165) is 5.56 Å². The largest absolute Gasteiger partial charge is 0.383 e. The highest BCUT2D eigenvalue weighted by Gasteiger charge is 2.18. The lowest BCUT2D eigenvalue weighted by atomic mass is 10.1. The zero-order chi connectivity index (χ0) is 18.4. The highest BCUT2D eigenvalue weighted by atomic mass is 32.2. The summed E-state index contributed by atoms with van der Waals surface area (Å²) in [6.07, 6.45) is 0. The lowest BCUT2D eigenvalue weighted by Gasteiger charge is -2.12. The summed E-state index contributed by atoms with van der Waals surface area (Å²) >= 11 is 0. The molecule has 0 fully saturated rings. The lowest BCUT2D eigenvalue weighted by molar-refractivity contribution is 0.0936. The first kappa shape index (κ1) is 19.0. The van der Waals surface area contributed by atoms with Gasteiger partial charge in [0.25, 0.3) is 15.9 Å². The predicted molar refractivity (Wildman–Crippen MR) is 97.4 cm³/mol. The van der Waals surface area contributed by atoms with E-state index in [-0.39, 0.29) is 10.8 Å². The summed E-state index contributed by atoms with van der Waals surface area (Å²) in [5.74, 6) is -0.332. The third kappa shape index (κ3) is 5.04. The summed E-state index contributed by atoms with van der Waals surface area (Å²) < 4.78 is 32.6. The highest BCUT2D eigenvalue weighted by Crippen LogP contribution is 2.19. The number of rotatable bonds is 7. The Kier molecular flexibility index (Phi) is 6.17. The zero-order valence-electron chi connectivity index (χ0n) is 14.5. The van der Waals surface area contributed by atoms with Crippen LogP contribution >= 0.6 is 0 Å². The molecule has 0 radical (unpaired) electrons. The Hall–Kier alpha value is -2.38. The minimum Gasteiger partial charge on any atom is -0.383 e. The molecule has 1 amide bonds. The van der Waals surface area contributed by atoms with Gasteiger partial charge in [-0.25, -0.2) is 8.42 Å². The molecule has 0 bridgehead atoms. The molecule has 0 saturated heterocycles. The third-order valence-electron chi connectivity index (χ3n) is 3.66. The number of amides is 1. The van der Waals surface area contributed by atoms with Gasteiger partial charge in [-0.1, -0.05) is 23.8 Å². The number of hydrogen-bond acceptors (Lipinski definition) is 4. The molecule has 6 nitrogen and oxygen atoms in total. The van der Waals surface area contributed by atoms with E-state index in [4.69, 9.17) is 4.74 Å². The van der Waals surface area contributed by atoms with Gasteiger partial charge in [-0.3, -0.25) is 9.52 Å². The van der Waals surface area contributed by atoms with Crippen LogP contribution in [0.15, 0.2) is 47.4 Å². The van der Waals surface area contributed by atoms with E-state index in [1.54, 1.807) is 32.2 Å². The van der Waals surface area contributed by atoms with E-state index in [9.17, 15) is 13.2 Å². The molecule has 2 rings (SSSR count). The smallest absolute Gasteiger partial charge is 0.261 e. The van der Waals surface area contributed by atoms with E-state index in [1.807, 2.05) is 19.1 Å². The van der Waals surface area contributed by atoms with Crippen molar-refractivity contribution >= 4 is 21.6 Å². The van der Waals surface area contributed by atoms with Crippen molar-refractivity contribution in [3.05, 3.63) is 59.2 Å². The van der Waals surface area contributed by atoms with Gasteiger partial charge >= 0.3 is 0 Å². The summed E-state index contributed by atoms with van der Waals surface area (Å²) in [4.78, 5) is 12.3. The molecule has 0 heterocycles. The van der Waals surface area contributed by atoms with Gasteiger partial charge in [-0.2, -0.15) is 0 Å². The van der Waals surface area contributed by atoms with Gasteiger partial charge in [0.1, 0.15) is 0 Å². The molecule has 2 aromatic rings. The number of carbonyl (C=O) groups is 1. The normalized spacial score (nSPS) is 11.2. The summed E-state index contributed by atoms with van der Waals surface area (Å²) in [5, 5.41) is 2.70. The Labute approximate surface area is 148 Å². The Morgan fingerprint density at radius 3 is 2.40 bits per heavy atom. The van der Waals surface area contributed by atoms with Gasteiger partial charge in [-0.15, -0.1) is 0 Å². The number of carbonyl (C=O) groups excluding carboxylic acids is 1. The van der Waals surface area contributed by atoms with E-state index in [2.05, 4.69) is 10.0 Å². The van der Waals surface area contributed by atoms with Crippen LogP contribution in [0.3, 0.4) is 0 Å². The minimum absolute atomic E-state index is 0.0376. The molecule has 7 heteroatoms. The van der Waals surface area contributed by atoms with Crippen molar-refractivity contribution in [2.75, 3.05) is 25.0 Å². The van der Waals surface area contributed by atoms with Crippen LogP contribution in [0.4, 0.5) is 5.69 Å². The Balaban J connectivity index is 2.24. The fourth-order valence-electron chi connectivity index (χ4n) is 2.21. The molecule has 0 aliphatic rings. The van der Waals surface area contributed by atoms with Gasteiger partial charge in [0.15, 0.2) is 0 Å². The highest BCUT2D eigenvalue weighted by molar-refractivity contribution is 7.92. The van der Waals surface area contributed by atoms with E-state index < -0.39 is 10.0 Å². The molecule has 0 unspecified atom stereocenters. The van der Waals surface area contributed by atoms with Gasteiger partial charge in [-0.05, 0) is 43.7 Å². The molecule has 2 aromatic carbocycles. The average molecular weight is 362 g/mol. The second-order valence-electron chi connectivity index (χ2n) is 5.70. The topological polar surface area (TPSA) is 84.5 Å². The van der Waals surface area contributed by atoms with Crippen molar-refractivity contribution in [2.45, 2.75) is 18.7 Å². The second kappa shape index (κ2) is 8.13. The van der Waals surface area contributed by atoms with Crippen molar-refractivity contribution < 1.29 is 17.9 Å². The maximum atomic E-state index is 12.6. The second-order valence-corrected chi connectivity index (χ2v) is 7.38. The van der Waals surface area contributed by atoms with Crippen molar-refractivity contribution in [3.8, 4) is 0 Å². The molecule has 0 aliphatic carbocycles. The molecule has 0 atom stereocenters. The zero-order valence-corrected chi connectivity index (χ0v) is 15.3. The number of sulfonamides is 1. The van der Waals surface area contributed by atoms with E-state index >= 15 is 0 Å². The van der Waals surface area contributed by atoms with Gasteiger partial charge in [0, 0.05) is 24.9 Å². The van der Waals surface area contributed by atoms with Crippen molar-refractivity contribution in [3.63, 3.8) is 0 Å². The minimum atomic E-state index is -3.78. The molecule has 25 heavy (non-hydrogen) atoms. The third-order valence-corrected chi connectivity index (χ3v) is 5.04. The van der Waals surface area contributed by atoms with Gasteiger partial charge < -0.3 is 10.1 Å². The molecular weight excluding hydrogens is 340 g/mol. The Morgan fingerprint density at radius 1 is 1.08 bits per heavy atom. The first-order chi connectivity index (χ1) is 11.8. The molecule has 0 aliphatic heterocycles. The molecule has 0 saturated carbocycles. The number of benzene rings is 2. The van der Waals surface area contributed by atoms with E-state index in [1.165, 1.54) is 12.1 Å². The number of ether oxygens (including phenoxy) is 1. The summed E-state index contributed by atoms with van der Waals surface area (Å²) in [7, 11) is -2.24. The molecule has 0 spiro atoms. The van der Waals surface area contributed by atoms with Crippen molar-refractivity contribution in [1.82, 2.24) is 5.32 Å². The van der Waals surface area contributed by atoms with Crippen LogP contribution in [-0.2, 0) is 14.8 Å². The van der Waals surface area contributed by atoms with Crippen LogP contribution in [0.1, 0.15) is 21.5 Å². The van der Waals surface area contributed by atoms with Crippen LogP contribution in [0, 0.1) is 13.8 Å². The SMILES string of the molecule is COCCNC(=O)c1cc(S(=O)(=O)Nc2ccc(C)cc2)ccc1C. The van der Waals surface area contributed by atoms with Crippen LogP contribution in [-0.4, -0.2) is 34.6 Å². The van der Waals surface area contributed by atoms with Crippen molar-refractivity contribution in [1.29, 1.82) is 0 Å². The number of hydrogen-bond donors (Lipinski definition) is 2. The summed E-state index contributed by atoms with van der Waals surface area (Å²) in [5.41, 5.74) is 2.53. The van der Waals surface area contributed by atoms with E-state index in [0.29, 0.717) is 30.0 Å². The first-order valence-corrected chi connectivity index (χ1v) is 9.29. The number of nitrogens with one attached hydrogen (secondary N) is 2. The Bertz CT molecular complexity index is 846. The van der Waals surface area contributed by atoms with Crippen LogP contribution in [0.5, 0.6) is 0 Å². The van der Waals surface area contributed by atoms with Crippen molar-refractivity contribution in [2.24, 2.45) is 0 Å². The number of methoxy groups -OCH3 is 1. The monoisotopic (exact) mass is 362 g/mol. The fourth-order valence-corrected chi connectivity index (χ4v) is 3.29. The maximum Gasteiger partial charge on any atom is 0.261 e. The average Bonchev–Trinajstić information content (AvgIpc) is 2.57. The molecule has 0 aromatic heterocycles. The summed E-state index contributed by atoms with van der Waals surface area (Å²) in [6.45, 7) is 4.42. The summed E-state index contributed by atoms with van der Waals surface area (Å²) in [6, 6.07) is 11.5. The maximum absolute atomic E-state index is 12.6. The van der Waals surface area contributed by atoms with Gasteiger partial charge in [0.05, 0.1) is 11.5 Å². The molecule has 134 valence electrons. The predicted octanol–water partition coefficient (Wildman–Crippen LogP) is 2.48. The van der Waals surface area contributed by atoms with Crippen LogP contribution < -0.4 is 10.0 Å². The standard InChI is InChI=1S/C18H22N2O4S/c1-13-4-7-15(8-5-13)20-25(22,23)16-9-6-14(2)17(12-16)18(21)19-10-11-24-3/h4-9,12,20H,10-11H2,1-3H3,(H,19,21).